The lowest BCUT2D eigenvalue weighted by Crippen LogP contribution is -1.93. The van der Waals surface area contributed by atoms with Gasteiger partial charge in [0.2, 0.25) is 5.76 Å². The number of benzene rings is 1. The van der Waals surface area contributed by atoms with E-state index in [0.29, 0.717) is 15.8 Å². The Morgan fingerprint density at radius 1 is 1.14 bits per heavy atom. The molecule has 8 heteroatoms. The molecule has 0 saturated carbocycles. The lowest BCUT2D eigenvalue weighted by molar-refractivity contribution is 0.112. The van der Waals surface area contributed by atoms with Gasteiger partial charge in [0.1, 0.15) is 11.4 Å². The van der Waals surface area contributed by atoms with Crippen molar-refractivity contribution in [3.8, 4) is 23.0 Å². The third kappa shape index (κ3) is 3.11. The summed E-state index contributed by atoms with van der Waals surface area (Å²) in [6.07, 6.45) is 0.357. The first-order chi connectivity index (χ1) is 10.6. The summed E-state index contributed by atoms with van der Waals surface area (Å²) in [5.41, 5.74) is 0.757. The van der Waals surface area contributed by atoms with Crippen LogP contribution in [0, 0.1) is 0 Å². The molecule has 2 aromatic heterocycles. The van der Waals surface area contributed by atoms with Crippen molar-refractivity contribution in [3.05, 3.63) is 53.0 Å². The van der Waals surface area contributed by atoms with Crippen LogP contribution in [0.3, 0.4) is 0 Å². The topological polar surface area (TPSA) is 61.0 Å². The summed E-state index contributed by atoms with van der Waals surface area (Å²) in [7, 11) is 0. The fourth-order valence-corrected chi connectivity index (χ4v) is 1.94. The highest BCUT2D eigenvalue weighted by Gasteiger charge is 2.17. The molecule has 22 heavy (non-hydrogen) atoms. The fourth-order valence-electron chi connectivity index (χ4n) is 1.74. The third-order valence-corrected chi connectivity index (χ3v) is 3.11. The van der Waals surface area contributed by atoms with Gasteiger partial charge in [0.05, 0.1) is 4.47 Å². The first-order valence-electron chi connectivity index (χ1n) is 6.13. The second-order valence-electron chi connectivity index (χ2n) is 4.20. The van der Waals surface area contributed by atoms with Crippen molar-refractivity contribution in [1.82, 2.24) is 15.1 Å². The molecule has 0 spiro atoms. The molecule has 0 radical (unpaired) electrons. The number of nitrogens with zero attached hydrogens (tertiary/aromatic N) is 3. The Kier molecular flexibility index (Phi) is 4.10. The molecule has 0 saturated heterocycles. The maximum atomic E-state index is 12.6. The second-order valence-corrected chi connectivity index (χ2v) is 5.11. The average molecular weight is 368 g/mol. The van der Waals surface area contributed by atoms with Crippen LogP contribution in [-0.2, 0) is 0 Å². The van der Waals surface area contributed by atoms with Crippen molar-refractivity contribution in [2.24, 2.45) is 0 Å². The summed E-state index contributed by atoms with van der Waals surface area (Å²) < 4.78 is 36.1. The van der Waals surface area contributed by atoms with Gasteiger partial charge in [-0.15, -0.1) is 0 Å². The normalized spacial score (nSPS) is 10.9. The number of hydrogen-bond acceptors (Lipinski definition) is 5. The number of halogens is 3. The molecule has 3 rings (SSSR count). The van der Waals surface area contributed by atoms with Gasteiger partial charge in [-0.3, -0.25) is 0 Å². The number of rotatable bonds is 4. The van der Waals surface area contributed by atoms with Gasteiger partial charge in [-0.1, -0.05) is 17.3 Å². The number of alkyl halides is 2. The molecule has 0 aliphatic heterocycles. The number of para-hydroxylation sites is 1. The number of aromatic nitrogens is 3. The van der Waals surface area contributed by atoms with E-state index in [2.05, 4.69) is 35.6 Å². The van der Waals surface area contributed by atoms with Gasteiger partial charge in [-0.05, 0) is 28.1 Å². The highest BCUT2D eigenvalue weighted by atomic mass is 79.9. The average Bonchev–Trinajstić information content (AvgIpc) is 3.00. The van der Waals surface area contributed by atoms with E-state index in [1.54, 1.807) is 24.3 Å². The van der Waals surface area contributed by atoms with E-state index in [0.717, 1.165) is 0 Å². The maximum Gasteiger partial charge on any atom is 0.321 e. The highest BCUT2D eigenvalue weighted by molar-refractivity contribution is 9.10. The zero-order valence-electron chi connectivity index (χ0n) is 10.9. The Bertz CT molecular complexity index is 778. The van der Waals surface area contributed by atoms with Crippen LogP contribution in [0.4, 0.5) is 8.78 Å². The molecule has 0 fully saturated rings. The van der Waals surface area contributed by atoms with E-state index in [4.69, 9.17) is 4.74 Å². The van der Waals surface area contributed by atoms with Crippen LogP contribution in [0.25, 0.3) is 11.3 Å². The summed E-state index contributed by atoms with van der Waals surface area (Å²) in [5.74, 6) is -0.108. The van der Waals surface area contributed by atoms with Crippen LogP contribution in [0.2, 0.25) is 0 Å². The lowest BCUT2D eigenvalue weighted by atomic mass is 10.1. The molecule has 2 heterocycles. The van der Waals surface area contributed by atoms with E-state index in [9.17, 15) is 8.78 Å². The van der Waals surface area contributed by atoms with Crippen LogP contribution >= 0.6 is 15.9 Å². The molecule has 3 aromatic rings. The number of ether oxygens (including phenoxy) is 1. The van der Waals surface area contributed by atoms with Crippen molar-refractivity contribution in [2.45, 2.75) is 6.43 Å². The summed E-state index contributed by atoms with van der Waals surface area (Å²) in [6, 6.07) is 8.13. The highest BCUT2D eigenvalue weighted by Crippen LogP contribution is 2.33. The van der Waals surface area contributed by atoms with Gasteiger partial charge in [0.15, 0.2) is 0 Å². The quantitative estimate of drug-likeness (QED) is 0.672. The molecule has 0 aliphatic carbocycles. The lowest BCUT2D eigenvalue weighted by Gasteiger charge is -2.07. The Hall–Kier alpha value is -2.35. The molecule has 0 N–H and O–H groups in total. The Morgan fingerprint density at radius 2 is 1.86 bits per heavy atom. The molecular weight excluding hydrogens is 360 g/mol. The van der Waals surface area contributed by atoms with Gasteiger partial charge >= 0.3 is 6.01 Å². The largest absolute Gasteiger partial charge is 0.424 e. The van der Waals surface area contributed by atoms with Crippen LogP contribution in [-0.4, -0.2) is 15.1 Å². The minimum atomic E-state index is -2.72. The zero-order chi connectivity index (χ0) is 15.5. The molecule has 0 aliphatic rings. The summed E-state index contributed by atoms with van der Waals surface area (Å²) >= 11 is 3.22. The molecular formula is C14H8BrF2N3O2. The fraction of sp³-hybridized carbons (Fsp3) is 0.0714. The molecule has 5 nitrogen and oxygen atoms in total. The van der Waals surface area contributed by atoms with Crippen molar-refractivity contribution >= 4 is 15.9 Å². The summed E-state index contributed by atoms with van der Waals surface area (Å²) in [5, 5.41) is 3.64. The zero-order valence-corrected chi connectivity index (χ0v) is 12.5. The van der Waals surface area contributed by atoms with Gasteiger partial charge in [-0.25, -0.2) is 18.7 Å². The molecule has 0 bridgehead atoms. The van der Waals surface area contributed by atoms with Crippen LogP contribution in [0.5, 0.6) is 11.8 Å². The van der Waals surface area contributed by atoms with Gasteiger partial charge in [0.25, 0.3) is 6.43 Å². The predicted molar refractivity (Wildman–Crippen MR) is 76.7 cm³/mol. The van der Waals surface area contributed by atoms with E-state index >= 15 is 0 Å². The van der Waals surface area contributed by atoms with E-state index < -0.39 is 12.2 Å². The summed E-state index contributed by atoms with van der Waals surface area (Å²) in [4.78, 5) is 8.00. The van der Waals surface area contributed by atoms with E-state index in [1.807, 2.05) is 0 Å². The first kappa shape index (κ1) is 14.6. The van der Waals surface area contributed by atoms with E-state index in [-0.39, 0.29) is 11.7 Å². The van der Waals surface area contributed by atoms with Crippen LogP contribution in [0.1, 0.15) is 12.2 Å². The summed E-state index contributed by atoms with van der Waals surface area (Å²) in [6.45, 7) is 0. The van der Waals surface area contributed by atoms with Gasteiger partial charge in [-0.2, -0.15) is 0 Å². The molecule has 0 amide bonds. The molecule has 1 aromatic carbocycles. The Balaban J connectivity index is 1.93. The predicted octanol–water partition coefficient (Wildman–Crippen LogP) is 4.62. The number of hydrogen-bond donors (Lipinski definition) is 0. The van der Waals surface area contributed by atoms with Crippen molar-refractivity contribution in [1.29, 1.82) is 0 Å². The second kappa shape index (κ2) is 6.18. The Morgan fingerprint density at radius 3 is 2.55 bits per heavy atom. The van der Waals surface area contributed by atoms with Crippen molar-refractivity contribution in [2.75, 3.05) is 0 Å². The first-order valence-corrected chi connectivity index (χ1v) is 6.92. The van der Waals surface area contributed by atoms with Crippen LogP contribution in [0.15, 0.2) is 51.7 Å². The SMILES string of the molecule is FC(F)c1cc(-c2ccccc2Oc2ncc(Br)cn2)no1. The minimum Gasteiger partial charge on any atom is -0.424 e. The monoisotopic (exact) mass is 367 g/mol. The van der Waals surface area contributed by atoms with Gasteiger partial charge in [0, 0.05) is 24.0 Å². The van der Waals surface area contributed by atoms with E-state index in [1.165, 1.54) is 18.5 Å². The molecule has 112 valence electrons. The maximum absolute atomic E-state index is 12.6. The van der Waals surface area contributed by atoms with Gasteiger partial charge < -0.3 is 9.26 Å². The smallest absolute Gasteiger partial charge is 0.321 e. The third-order valence-electron chi connectivity index (χ3n) is 2.70. The van der Waals surface area contributed by atoms with Crippen molar-refractivity contribution in [3.63, 3.8) is 0 Å². The van der Waals surface area contributed by atoms with Crippen molar-refractivity contribution < 1.29 is 18.0 Å². The standard InChI is InChI=1S/C14H8BrF2N3O2/c15-8-6-18-14(19-7-8)21-11-4-2-1-3-9(11)10-5-12(13(16)17)22-20-10/h1-7,13H. The minimum absolute atomic E-state index is 0.133. The van der Waals surface area contributed by atoms with Crippen LogP contribution < -0.4 is 4.74 Å². The molecule has 0 unspecified atom stereocenters. The Labute approximate surface area is 132 Å². The molecule has 0 atom stereocenters.